The zero-order valence-electron chi connectivity index (χ0n) is 16.8. The Balaban J connectivity index is 0.00000420. The van der Waals surface area contributed by atoms with Crippen molar-refractivity contribution in [2.75, 3.05) is 33.2 Å². The second-order valence-corrected chi connectivity index (χ2v) is 6.05. The van der Waals surface area contributed by atoms with Crippen LogP contribution >= 0.6 is 24.0 Å². The lowest BCUT2D eigenvalue weighted by atomic mass is 10.2. The summed E-state index contributed by atoms with van der Waals surface area (Å²) in [5, 5.41) is 6.27. The molecular weight excluding hydrogens is 495 g/mol. The van der Waals surface area contributed by atoms with Crippen molar-refractivity contribution in [1.82, 2.24) is 15.6 Å². The van der Waals surface area contributed by atoms with Crippen LogP contribution in [0.3, 0.4) is 0 Å². The summed E-state index contributed by atoms with van der Waals surface area (Å²) < 4.78 is 35.0. The normalized spacial score (nSPS) is 10.9. The van der Waals surface area contributed by atoms with Gasteiger partial charge in [0.2, 0.25) is 0 Å². The Morgan fingerprint density at radius 3 is 2.52 bits per heavy atom. The van der Waals surface area contributed by atoms with Crippen molar-refractivity contribution in [3.8, 4) is 11.5 Å². The van der Waals surface area contributed by atoms with Crippen LogP contribution in [-0.4, -0.2) is 45.8 Å². The number of anilines is 1. The predicted molar refractivity (Wildman–Crippen MR) is 121 cm³/mol. The maximum atomic E-state index is 12.6. The zero-order chi connectivity index (χ0) is 20.5. The van der Waals surface area contributed by atoms with E-state index in [1.807, 2.05) is 31.1 Å². The van der Waals surface area contributed by atoms with Crippen LogP contribution in [0.5, 0.6) is 11.5 Å². The van der Waals surface area contributed by atoms with Gasteiger partial charge in [-0.05, 0) is 35.9 Å². The molecule has 2 N–H and O–H groups in total. The van der Waals surface area contributed by atoms with Crippen LogP contribution < -0.4 is 25.0 Å². The first-order valence-electron chi connectivity index (χ1n) is 8.61. The maximum absolute atomic E-state index is 12.6. The number of ether oxygens (including phenoxy) is 2. The van der Waals surface area contributed by atoms with Gasteiger partial charge in [0.05, 0.1) is 7.11 Å². The molecule has 0 spiro atoms. The Kier molecular flexibility index (Phi) is 10.4. The number of aromatic nitrogens is 1. The van der Waals surface area contributed by atoms with Crippen molar-refractivity contribution in [2.24, 2.45) is 4.99 Å². The van der Waals surface area contributed by atoms with Gasteiger partial charge in [0.25, 0.3) is 0 Å². The van der Waals surface area contributed by atoms with Crippen molar-refractivity contribution >= 4 is 35.8 Å². The Labute approximate surface area is 186 Å². The highest BCUT2D eigenvalue weighted by atomic mass is 127. The second kappa shape index (κ2) is 12.2. The number of halogens is 3. The van der Waals surface area contributed by atoms with Crippen LogP contribution in [0, 0.1) is 0 Å². The maximum Gasteiger partial charge on any atom is 0.387 e. The lowest BCUT2D eigenvalue weighted by Gasteiger charge is -2.16. The second-order valence-electron chi connectivity index (χ2n) is 6.05. The topological polar surface area (TPSA) is 71.0 Å². The van der Waals surface area contributed by atoms with Crippen molar-refractivity contribution in [2.45, 2.75) is 19.7 Å². The third kappa shape index (κ3) is 7.87. The first-order valence-corrected chi connectivity index (χ1v) is 8.61. The Hall–Kier alpha value is -2.37. The van der Waals surface area contributed by atoms with Gasteiger partial charge in [0.1, 0.15) is 17.3 Å². The van der Waals surface area contributed by atoms with E-state index in [4.69, 9.17) is 4.74 Å². The average Bonchev–Trinajstić information content (AvgIpc) is 2.68. The highest BCUT2D eigenvalue weighted by Gasteiger charge is 2.11. The van der Waals surface area contributed by atoms with Crippen molar-refractivity contribution in [3.63, 3.8) is 0 Å². The molecule has 0 saturated heterocycles. The number of rotatable bonds is 8. The summed E-state index contributed by atoms with van der Waals surface area (Å²) >= 11 is 0. The van der Waals surface area contributed by atoms with Gasteiger partial charge < -0.3 is 25.0 Å². The molecule has 0 radical (unpaired) electrons. The number of nitrogens with zero attached hydrogens (tertiary/aromatic N) is 3. The number of hydrogen-bond donors (Lipinski definition) is 2. The molecule has 1 aromatic heterocycles. The number of methoxy groups -OCH3 is 1. The van der Waals surface area contributed by atoms with Gasteiger partial charge in [-0.25, -0.2) is 4.98 Å². The van der Waals surface area contributed by atoms with E-state index in [1.54, 1.807) is 25.4 Å². The fourth-order valence-corrected chi connectivity index (χ4v) is 2.43. The van der Waals surface area contributed by atoms with E-state index < -0.39 is 6.61 Å². The van der Waals surface area contributed by atoms with Gasteiger partial charge in [-0.2, -0.15) is 8.78 Å². The third-order valence-electron chi connectivity index (χ3n) is 3.88. The number of aliphatic imine (C=N–C) groups is 1. The molecule has 0 aliphatic heterocycles. The SMILES string of the molecule is CN=C(NCc1ccnc(N(C)C)c1)NCc1cc(OC)ccc1OC(F)F.I. The van der Waals surface area contributed by atoms with Gasteiger partial charge in [-0.15, -0.1) is 24.0 Å². The van der Waals surface area contributed by atoms with Crippen LogP contribution in [0.25, 0.3) is 0 Å². The summed E-state index contributed by atoms with van der Waals surface area (Å²) in [6, 6.07) is 8.54. The smallest absolute Gasteiger partial charge is 0.387 e. The summed E-state index contributed by atoms with van der Waals surface area (Å²) in [4.78, 5) is 10.4. The number of pyridine rings is 1. The minimum Gasteiger partial charge on any atom is -0.497 e. The molecule has 0 atom stereocenters. The van der Waals surface area contributed by atoms with Crippen LogP contribution in [0.15, 0.2) is 41.5 Å². The monoisotopic (exact) mass is 521 g/mol. The molecule has 0 unspecified atom stereocenters. The van der Waals surface area contributed by atoms with Crippen molar-refractivity contribution < 1.29 is 18.3 Å². The molecule has 0 fully saturated rings. The van der Waals surface area contributed by atoms with Crippen LogP contribution in [0.4, 0.5) is 14.6 Å². The minimum atomic E-state index is -2.90. The highest BCUT2D eigenvalue weighted by molar-refractivity contribution is 14.0. The molecule has 0 saturated carbocycles. The van der Waals surface area contributed by atoms with E-state index in [9.17, 15) is 8.78 Å². The largest absolute Gasteiger partial charge is 0.497 e. The molecule has 1 aromatic carbocycles. The van der Waals surface area contributed by atoms with E-state index in [0.717, 1.165) is 11.4 Å². The zero-order valence-corrected chi connectivity index (χ0v) is 19.1. The van der Waals surface area contributed by atoms with Gasteiger partial charge in [0, 0.05) is 46.0 Å². The molecule has 7 nitrogen and oxygen atoms in total. The minimum absolute atomic E-state index is 0. The van der Waals surface area contributed by atoms with Gasteiger partial charge in [0.15, 0.2) is 5.96 Å². The lowest BCUT2D eigenvalue weighted by Crippen LogP contribution is -2.36. The molecule has 2 rings (SSSR count). The fourth-order valence-electron chi connectivity index (χ4n) is 2.43. The standard InChI is InChI=1S/C19H25F2N5O2.HI/c1-22-19(24-11-13-7-8-23-17(9-13)26(2)3)25-12-14-10-15(27-4)5-6-16(14)28-18(20)21;/h5-10,18H,11-12H2,1-4H3,(H2,22,24,25);1H. The van der Waals surface area contributed by atoms with Gasteiger partial charge in [-0.1, -0.05) is 0 Å². The van der Waals surface area contributed by atoms with E-state index in [1.165, 1.54) is 13.2 Å². The number of alkyl halides is 2. The van der Waals surface area contributed by atoms with Gasteiger partial charge >= 0.3 is 6.61 Å². The first kappa shape index (κ1) is 24.7. The summed E-state index contributed by atoms with van der Waals surface area (Å²) in [7, 11) is 6.99. The molecule has 0 bridgehead atoms. The van der Waals surface area contributed by atoms with E-state index in [-0.39, 0.29) is 36.3 Å². The lowest BCUT2D eigenvalue weighted by molar-refractivity contribution is -0.0504. The fraction of sp³-hybridized carbons (Fsp3) is 0.368. The highest BCUT2D eigenvalue weighted by Crippen LogP contribution is 2.25. The average molecular weight is 521 g/mol. The summed E-state index contributed by atoms with van der Waals surface area (Å²) in [6.07, 6.45) is 1.74. The summed E-state index contributed by atoms with van der Waals surface area (Å²) in [5.41, 5.74) is 1.56. The Bertz CT molecular complexity index is 806. The quantitative estimate of drug-likeness (QED) is 0.316. The molecule has 0 aliphatic carbocycles. The third-order valence-corrected chi connectivity index (χ3v) is 3.88. The molecule has 0 aliphatic rings. The van der Waals surface area contributed by atoms with Crippen LogP contribution in [0.2, 0.25) is 0 Å². The number of guanidine groups is 1. The number of benzene rings is 1. The molecule has 10 heteroatoms. The number of nitrogens with one attached hydrogen (secondary N) is 2. The van der Waals surface area contributed by atoms with E-state index >= 15 is 0 Å². The molecule has 1 heterocycles. The van der Waals surface area contributed by atoms with Crippen molar-refractivity contribution in [3.05, 3.63) is 47.7 Å². The molecule has 29 heavy (non-hydrogen) atoms. The van der Waals surface area contributed by atoms with Crippen LogP contribution in [-0.2, 0) is 13.1 Å². The Morgan fingerprint density at radius 2 is 1.90 bits per heavy atom. The Morgan fingerprint density at radius 1 is 1.17 bits per heavy atom. The van der Waals surface area contributed by atoms with E-state index in [2.05, 4.69) is 25.3 Å². The molecule has 2 aromatic rings. The number of hydrogen-bond acceptors (Lipinski definition) is 5. The molecular formula is C19H26F2IN5O2. The predicted octanol–water partition coefficient (Wildman–Crippen LogP) is 3.24. The summed E-state index contributed by atoms with van der Waals surface area (Å²) in [6.45, 7) is -2.14. The van der Waals surface area contributed by atoms with Gasteiger partial charge in [-0.3, -0.25) is 4.99 Å². The van der Waals surface area contributed by atoms with E-state index in [0.29, 0.717) is 23.8 Å². The van der Waals surface area contributed by atoms with Crippen molar-refractivity contribution in [1.29, 1.82) is 0 Å². The first-order chi connectivity index (χ1) is 13.4. The molecule has 0 amide bonds. The van der Waals surface area contributed by atoms with Crippen LogP contribution in [0.1, 0.15) is 11.1 Å². The summed E-state index contributed by atoms with van der Waals surface area (Å²) in [5.74, 6) is 2.01. The molecule has 160 valence electrons.